The topological polar surface area (TPSA) is 90.6 Å². The number of nitrogens with zero attached hydrogens (tertiary/aromatic N) is 1. The van der Waals surface area contributed by atoms with E-state index in [-0.39, 0.29) is 5.91 Å². The first-order valence-electron chi connectivity index (χ1n) is 7.87. The van der Waals surface area contributed by atoms with Gasteiger partial charge in [0.05, 0.1) is 9.08 Å². The second kappa shape index (κ2) is 8.79. The quantitative estimate of drug-likeness (QED) is 0.432. The first-order chi connectivity index (χ1) is 12.5. The van der Waals surface area contributed by atoms with Gasteiger partial charge in [-0.15, -0.1) is 0 Å². The molecule has 3 aromatic rings. The van der Waals surface area contributed by atoms with Gasteiger partial charge < -0.3 is 15.3 Å². The van der Waals surface area contributed by atoms with Gasteiger partial charge in [-0.25, -0.2) is 9.19 Å². The van der Waals surface area contributed by atoms with Crippen LogP contribution in [0.25, 0.3) is 0 Å². The summed E-state index contributed by atoms with van der Waals surface area (Å²) in [5.41, 5.74) is 1.38. The van der Waals surface area contributed by atoms with Crippen molar-refractivity contribution in [3.8, 4) is 0 Å². The number of imidazole rings is 1. The maximum Gasteiger partial charge on any atom is 0.267 e. The van der Waals surface area contributed by atoms with Crippen molar-refractivity contribution in [2.24, 2.45) is 0 Å². The van der Waals surface area contributed by atoms with Gasteiger partial charge >= 0.3 is 0 Å². The molecule has 26 heavy (non-hydrogen) atoms. The van der Waals surface area contributed by atoms with Gasteiger partial charge in [0.2, 0.25) is 5.16 Å². The number of aryl methyl sites for hydroxylation is 1. The van der Waals surface area contributed by atoms with Crippen LogP contribution >= 0.6 is 31.9 Å². The summed E-state index contributed by atoms with van der Waals surface area (Å²) >= 11 is 6.64. The van der Waals surface area contributed by atoms with Crippen molar-refractivity contribution in [3.05, 3.63) is 63.1 Å². The van der Waals surface area contributed by atoms with E-state index in [4.69, 9.17) is 0 Å². The van der Waals surface area contributed by atoms with Crippen molar-refractivity contribution in [1.29, 1.82) is 0 Å². The molecule has 1 atom stereocenters. The highest BCUT2D eigenvalue weighted by Gasteiger charge is 2.12. The SMILES string of the molecule is O=C(NCCCc1cnc(S(=O)c2ccccc2)[nH]1)c1cc(Br)c(Br)[nH]1. The molecule has 2 aromatic heterocycles. The molecule has 6 nitrogen and oxygen atoms in total. The van der Waals surface area contributed by atoms with E-state index in [0.29, 0.717) is 28.7 Å². The average Bonchev–Trinajstić information content (AvgIpc) is 3.26. The zero-order valence-corrected chi connectivity index (χ0v) is 17.6. The second-order valence-corrected chi connectivity index (χ2v) is 8.54. The van der Waals surface area contributed by atoms with Crippen LogP contribution in [-0.2, 0) is 17.2 Å². The monoisotopic (exact) mass is 498 g/mol. The van der Waals surface area contributed by atoms with Crippen LogP contribution in [-0.4, -0.2) is 31.6 Å². The summed E-state index contributed by atoms with van der Waals surface area (Å²) < 4.78 is 14.0. The summed E-state index contributed by atoms with van der Waals surface area (Å²) in [6.07, 6.45) is 3.14. The number of hydrogen-bond acceptors (Lipinski definition) is 3. The lowest BCUT2D eigenvalue weighted by molar-refractivity contribution is 0.0948. The summed E-state index contributed by atoms with van der Waals surface area (Å²) in [6.45, 7) is 0.531. The van der Waals surface area contributed by atoms with Crippen molar-refractivity contribution in [2.45, 2.75) is 22.9 Å². The Morgan fingerprint density at radius 1 is 1.19 bits per heavy atom. The zero-order valence-electron chi connectivity index (χ0n) is 13.6. The molecule has 0 radical (unpaired) electrons. The number of halogens is 2. The average molecular weight is 500 g/mol. The smallest absolute Gasteiger partial charge is 0.267 e. The van der Waals surface area contributed by atoms with Gasteiger partial charge in [-0.2, -0.15) is 0 Å². The van der Waals surface area contributed by atoms with Gasteiger partial charge in [0.1, 0.15) is 16.5 Å². The Bertz CT molecular complexity index is 905. The predicted octanol–water partition coefficient (Wildman–Crippen LogP) is 3.79. The minimum Gasteiger partial charge on any atom is -0.351 e. The predicted molar refractivity (Wildman–Crippen MR) is 107 cm³/mol. The number of H-pyrrole nitrogens is 2. The number of amides is 1. The highest BCUT2D eigenvalue weighted by molar-refractivity contribution is 9.13. The van der Waals surface area contributed by atoms with Crippen molar-refractivity contribution in [1.82, 2.24) is 20.3 Å². The second-order valence-electron chi connectivity index (χ2n) is 5.50. The van der Waals surface area contributed by atoms with Crippen LogP contribution in [0.5, 0.6) is 0 Å². The standard InChI is InChI=1S/C17H16Br2N4O2S/c18-13-9-14(23-15(13)19)16(24)20-8-4-5-11-10-21-17(22-11)26(25)12-6-2-1-3-7-12/h1-3,6-7,9-10,23H,4-5,8H2,(H,20,24)(H,21,22). The van der Waals surface area contributed by atoms with Gasteiger partial charge in [-0.05, 0) is 62.9 Å². The van der Waals surface area contributed by atoms with E-state index in [1.807, 2.05) is 30.3 Å². The highest BCUT2D eigenvalue weighted by Crippen LogP contribution is 2.23. The molecule has 0 fully saturated rings. The van der Waals surface area contributed by atoms with Crippen molar-refractivity contribution < 1.29 is 9.00 Å². The summed E-state index contributed by atoms with van der Waals surface area (Å²) in [5, 5.41) is 3.30. The van der Waals surface area contributed by atoms with Crippen molar-refractivity contribution in [2.75, 3.05) is 6.54 Å². The van der Waals surface area contributed by atoms with Gasteiger partial charge in [-0.1, -0.05) is 18.2 Å². The molecular weight excluding hydrogens is 484 g/mol. The molecule has 0 saturated carbocycles. The molecule has 3 N–H and O–H groups in total. The third-order valence-electron chi connectivity index (χ3n) is 3.62. The largest absolute Gasteiger partial charge is 0.351 e. The fourth-order valence-corrected chi connectivity index (χ4v) is 3.97. The van der Waals surface area contributed by atoms with Gasteiger partial charge in [0, 0.05) is 23.3 Å². The number of carbonyl (C=O) groups is 1. The number of carbonyl (C=O) groups excluding carboxylic acids is 1. The molecule has 0 aliphatic heterocycles. The number of aromatic amines is 2. The normalized spacial score (nSPS) is 12.1. The first kappa shape index (κ1) is 19.1. The van der Waals surface area contributed by atoms with E-state index in [9.17, 15) is 9.00 Å². The molecular formula is C17H16Br2N4O2S. The molecule has 0 spiro atoms. The Balaban J connectivity index is 1.48. The fraction of sp³-hybridized carbons (Fsp3) is 0.176. The number of benzene rings is 1. The lowest BCUT2D eigenvalue weighted by atomic mass is 10.2. The number of nitrogens with one attached hydrogen (secondary N) is 3. The summed E-state index contributed by atoms with van der Waals surface area (Å²) in [4.78, 5) is 23.0. The Morgan fingerprint density at radius 3 is 2.65 bits per heavy atom. The van der Waals surface area contributed by atoms with Crippen LogP contribution in [0.3, 0.4) is 0 Å². The molecule has 0 saturated heterocycles. The Kier molecular flexibility index (Phi) is 6.44. The van der Waals surface area contributed by atoms with E-state index in [2.05, 4.69) is 52.1 Å². The molecule has 0 aliphatic carbocycles. The van der Waals surface area contributed by atoms with E-state index < -0.39 is 10.8 Å². The molecule has 136 valence electrons. The Labute approximate surface area is 169 Å². The first-order valence-corrected chi connectivity index (χ1v) is 10.6. The molecule has 1 unspecified atom stereocenters. The van der Waals surface area contributed by atoms with Crippen LogP contribution in [0.4, 0.5) is 0 Å². The lowest BCUT2D eigenvalue weighted by Gasteiger charge is -2.03. The van der Waals surface area contributed by atoms with Crippen LogP contribution < -0.4 is 5.32 Å². The fourth-order valence-electron chi connectivity index (χ4n) is 2.32. The lowest BCUT2D eigenvalue weighted by Crippen LogP contribution is -2.25. The van der Waals surface area contributed by atoms with E-state index in [0.717, 1.165) is 21.2 Å². The van der Waals surface area contributed by atoms with E-state index >= 15 is 0 Å². The van der Waals surface area contributed by atoms with Crippen LogP contribution in [0.2, 0.25) is 0 Å². The van der Waals surface area contributed by atoms with Gasteiger partial charge in [-0.3, -0.25) is 4.79 Å². The Morgan fingerprint density at radius 2 is 1.96 bits per heavy atom. The maximum atomic E-state index is 12.4. The molecule has 3 rings (SSSR count). The summed E-state index contributed by atoms with van der Waals surface area (Å²) in [6, 6.07) is 10.9. The highest BCUT2D eigenvalue weighted by atomic mass is 79.9. The van der Waals surface area contributed by atoms with E-state index in [1.165, 1.54) is 0 Å². The summed E-state index contributed by atoms with van der Waals surface area (Å²) in [5.74, 6) is -0.160. The van der Waals surface area contributed by atoms with Gasteiger partial charge in [0.15, 0.2) is 0 Å². The van der Waals surface area contributed by atoms with Crippen molar-refractivity contribution >= 4 is 48.6 Å². The molecule has 0 bridgehead atoms. The molecule has 2 heterocycles. The number of rotatable bonds is 7. The maximum absolute atomic E-state index is 12.4. The molecule has 1 aromatic carbocycles. The number of hydrogen-bond donors (Lipinski definition) is 3. The molecule has 1 amide bonds. The molecule has 0 aliphatic rings. The third kappa shape index (κ3) is 4.72. The van der Waals surface area contributed by atoms with E-state index in [1.54, 1.807) is 12.3 Å². The summed E-state index contributed by atoms with van der Waals surface area (Å²) in [7, 11) is -1.31. The van der Waals surface area contributed by atoms with Crippen LogP contribution in [0.1, 0.15) is 22.6 Å². The number of aromatic nitrogens is 3. The van der Waals surface area contributed by atoms with Gasteiger partial charge in [0.25, 0.3) is 5.91 Å². The van der Waals surface area contributed by atoms with Crippen molar-refractivity contribution in [3.63, 3.8) is 0 Å². The van der Waals surface area contributed by atoms with Crippen LogP contribution in [0.15, 0.2) is 61.7 Å². The Hall–Kier alpha value is -1.71. The molecule has 9 heteroatoms. The minimum absolute atomic E-state index is 0.160. The zero-order chi connectivity index (χ0) is 18.5. The third-order valence-corrected chi connectivity index (χ3v) is 6.66. The van der Waals surface area contributed by atoms with Crippen LogP contribution in [0, 0.1) is 0 Å². The minimum atomic E-state index is -1.31.